The lowest BCUT2D eigenvalue weighted by Gasteiger charge is -2.31. The molecule has 0 aromatic heterocycles. The van der Waals surface area contributed by atoms with Crippen molar-refractivity contribution in [3.63, 3.8) is 0 Å². The van der Waals surface area contributed by atoms with E-state index < -0.39 is 5.66 Å². The van der Waals surface area contributed by atoms with Crippen LogP contribution in [0.2, 0.25) is 0 Å². The SMILES string of the molecule is C#CCCC1(CCC(=O)NC(CN2CCOCC2)c2ccccc2C)N=N1. The van der Waals surface area contributed by atoms with E-state index in [4.69, 9.17) is 11.2 Å². The van der Waals surface area contributed by atoms with Crippen molar-refractivity contribution in [3.05, 3.63) is 35.4 Å². The summed E-state index contributed by atoms with van der Waals surface area (Å²) in [6.07, 6.45) is 7.72. The second-order valence-electron chi connectivity index (χ2n) is 7.28. The van der Waals surface area contributed by atoms with E-state index in [1.807, 2.05) is 12.1 Å². The van der Waals surface area contributed by atoms with Crippen LogP contribution in [0.1, 0.15) is 42.9 Å². The zero-order valence-corrected chi connectivity index (χ0v) is 16.0. The second-order valence-corrected chi connectivity index (χ2v) is 7.28. The van der Waals surface area contributed by atoms with Crippen molar-refractivity contribution in [2.45, 2.75) is 44.3 Å². The van der Waals surface area contributed by atoms with Gasteiger partial charge >= 0.3 is 0 Å². The Morgan fingerprint density at radius 2 is 2.07 bits per heavy atom. The van der Waals surface area contributed by atoms with Gasteiger partial charge in [0.05, 0.1) is 19.3 Å². The number of morpholine rings is 1. The molecule has 0 spiro atoms. The van der Waals surface area contributed by atoms with Gasteiger partial charge in [0.15, 0.2) is 5.66 Å². The van der Waals surface area contributed by atoms with Gasteiger partial charge in [0.25, 0.3) is 0 Å². The van der Waals surface area contributed by atoms with E-state index in [0.29, 0.717) is 19.3 Å². The number of carbonyl (C=O) groups excluding carboxylic acids is 1. The maximum atomic E-state index is 12.7. The van der Waals surface area contributed by atoms with E-state index in [-0.39, 0.29) is 11.9 Å². The molecule has 1 saturated heterocycles. The number of ether oxygens (including phenoxy) is 1. The summed E-state index contributed by atoms with van der Waals surface area (Å²) in [4.78, 5) is 15.0. The zero-order valence-electron chi connectivity index (χ0n) is 16.0. The third-order valence-corrected chi connectivity index (χ3v) is 5.25. The predicted molar refractivity (Wildman–Crippen MR) is 104 cm³/mol. The maximum Gasteiger partial charge on any atom is 0.220 e. The van der Waals surface area contributed by atoms with Crippen LogP contribution in [0.15, 0.2) is 34.5 Å². The summed E-state index contributed by atoms with van der Waals surface area (Å²) in [5, 5.41) is 11.5. The Balaban J connectivity index is 1.59. The predicted octanol–water partition coefficient (Wildman–Crippen LogP) is 2.84. The topological polar surface area (TPSA) is 66.3 Å². The van der Waals surface area contributed by atoms with Crippen LogP contribution in [0.3, 0.4) is 0 Å². The molecule has 1 fully saturated rings. The molecule has 2 aliphatic heterocycles. The highest BCUT2D eigenvalue weighted by Crippen LogP contribution is 2.37. The summed E-state index contributed by atoms with van der Waals surface area (Å²) in [7, 11) is 0. The van der Waals surface area contributed by atoms with Gasteiger partial charge < -0.3 is 10.1 Å². The monoisotopic (exact) mass is 368 g/mol. The summed E-state index contributed by atoms with van der Waals surface area (Å²) in [5.41, 5.74) is 1.94. The summed E-state index contributed by atoms with van der Waals surface area (Å²) >= 11 is 0. The van der Waals surface area contributed by atoms with Crippen LogP contribution in [0.4, 0.5) is 0 Å². The molecular formula is C21H28N4O2. The van der Waals surface area contributed by atoms with Crippen LogP contribution in [0.5, 0.6) is 0 Å². The van der Waals surface area contributed by atoms with E-state index in [0.717, 1.165) is 39.3 Å². The fraction of sp³-hybridized carbons (Fsp3) is 0.571. The first kappa shape index (κ1) is 19.5. The van der Waals surface area contributed by atoms with Gasteiger partial charge in [-0.15, -0.1) is 12.3 Å². The van der Waals surface area contributed by atoms with Gasteiger partial charge in [-0.25, -0.2) is 0 Å². The number of aryl methyl sites for hydroxylation is 1. The molecule has 144 valence electrons. The Morgan fingerprint density at radius 1 is 1.33 bits per heavy atom. The highest BCUT2D eigenvalue weighted by Gasteiger charge is 2.39. The van der Waals surface area contributed by atoms with Crippen molar-refractivity contribution in [3.8, 4) is 12.3 Å². The molecule has 0 radical (unpaired) electrons. The Morgan fingerprint density at radius 3 is 2.74 bits per heavy atom. The first-order valence-corrected chi connectivity index (χ1v) is 9.64. The van der Waals surface area contributed by atoms with Crippen LogP contribution in [-0.2, 0) is 9.53 Å². The quantitative estimate of drug-likeness (QED) is 0.682. The third-order valence-electron chi connectivity index (χ3n) is 5.25. The van der Waals surface area contributed by atoms with Crippen molar-refractivity contribution in [2.75, 3.05) is 32.8 Å². The zero-order chi connectivity index (χ0) is 19.1. The Bertz CT molecular complexity index is 713. The molecule has 1 unspecified atom stereocenters. The van der Waals surface area contributed by atoms with Crippen molar-refractivity contribution < 1.29 is 9.53 Å². The molecule has 1 N–H and O–H groups in total. The minimum Gasteiger partial charge on any atom is -0.379 e. The number of carbonyl (C=O) groups is 1. The minimum atomic E-state index is -0.411. The van der Waals surface area contributed by atoms with E-state index in [2.05, 4.69) is 45.4 Å². The van der Waals surface area contributed by atoms with Crippen LogP contribution < -0.4 is 5.32 Å². The number of nitrogens with zero attached hydrogens (tertiary/aromatic N) is 3. The number of amides is 1. The van der Waals surface area contributed by atoms with Crippen LogP contribution in [0.25, 0.3) is 0 Å². The average Bonchev–Trinajstić information content (AvgIpc) is 3.46. The molecule has 1 atom stereocenters. The molecule has 2 heterocycles. The summed E-state index contributed by atoms with van der Waals surface area (Å²) in [6.45, 7) is 6.15. The molecule has 1 aromatic rings. The average molecular weight is 368 g/mol. The van der Waals surface area contributed by atoms with E-state index in [9.17, 15) is 4.79 Å². The second kappa shape index (κ2) is 9.12. The molecule has 3 rings (SSSR count). The van der Waals surface area contributed by atoms with Gasteiger partial charge in [0.2, 0.25) is 5.91 Å². The number of hydrogen-bond donors (Lipinski definition) is 1. The van der Waals surface area contributed by atoms with Crippen molar-refractivity contribution in [1.82, 2.24) is 10.2 Å². The fourth-order valence-electron chi connectivity index (χ4n) is 3.49. The molecule has 1 amide bonds. The summed E-state index contributed by atoms with van der Waals surface area (Å²) < 4.78 is 5.44. The normalized spacial score (nSPS) is 19.3. The van der Waals surface area contributed by atoms with Crippen molar-refractivity contribution >= 4 is 5.91 Å². The van der Waals surface area contributed by atoms with Gasteiger partial charge in [0.1, 0.15) is 0 Å². The van der Waals surface area contributed by atoms with Crippen molar-refractivity contribution in [2.24, 2.45) is 10.2 Å². The number of terminal acetylenes is 1. The molecule has 6 heteroatoms. The minimum absolute atomic E-state index is 0.0356. The first-order valence-electron chi connectivity index (χ1n) is 9.64. The van der Waals surface area contributed by atoms with E-state index >= 15 is 0 Å². The summed E-state index contributed by atoms with van der Waals surface area (Å²) in [5.74, 6) is 2.66. The van der Waals surface area contributed by atoms with Crippen molar-refractivity contribution in [1.29, 1.82) is 0 Å². The Labute approximate surface area is 161 Å². The maximum absolute atomic E-state index is 12.7. The molecule has 0 aliphatic carbocycles. The molecule has 6 nitrogen and oxygen atoms in total. The van der Waals surface area contributed by atoms with Gasteiger partial charge in [-0.1, -0.05) is 24.3 Å². The number of nitrogens with one attached hydrogen (secondary N) is 1. The molecular weight excluding hydrogens is 340 g/mol. The van der Waals surface area contributed by atoms with Gasteiger partial charge in [0, 0.05) is 45.3 Å². The number of benzene rings is 1. The standard InChI is InChI=1S/C21H28N4O2/c1-3-4-10-21(23-24-21)11-9-20(26)22-19(16-25-12-14-27-15-13-25)18-8-6-5-7-17(18)2/h1,5-8,19H,4,9-16H2,2H3,(H,22,26). The van der Waals surface area contributed by atoms with Gasteiger partial charge in [-0.3, -0.25) is 9.69 Å². The van der Waals surface area contributed by atoms with E-state index in [1.54, 1.807) is 0 Å². The number of hydrogen-bond acceptors (Lipinski definition) is 5. The molecule has 1 aromatic carbocycles. The van der Waals surface area contributed by atoms with Crippen LogP contribution in [0, 0.1) is 19.3 Å². The highest BCUT2D eigenvalue weighted by atomic mass is 16.5. The lowest BCUT2D eigenvalue weighted by atomic mass is 9.99. The largest absolute Gasteiger partial charge is 0.379 e. The molecule has 0 bridgehead atoms. The molecule has 27 heavy (non-hydrogen) atoms. The lowest BCUT2D eigenvalue weighted by Crippen LogP contribution is -2.43. The van der Waals surface area contributed by atoms with Crippen LogP contribution in [-0.4, -0.2) is 49.3 Å². The smallest absolute Gasteiger partial charge is 0.220 e. The highest BCUT2D eigenvalue weighted by molar-refractivity contribution is 5.76. The van der Waals surface area contributed by atoms with Gasteiger partial charge in [-0.2, -0.15) is 10.2 Å². The van der Waals surface area contributed by atoms with E-state index in [1.165, 1.54) is 11.1 Å². The van der Waals surface area contributed by atoms with Crippen LogP contribution >= 0.6 is 0 Å². The number of rotatable bonds is 9. The molecule has 0 saturated carbocycles. The summed E-state index contributed by atoms with van der Waals surface area (Å²) in [6, 6.07) is 8.20. The third kappa shape index (κ3) is 5.62. The molecule has 2 aliphatic rings. The Hall–Kier alpha value is -2.23. The Kier molecular flexibility index (Phi) is 6.59. The van der Waals surface area contributed by atoms with Gasteiger partial charge in [-0.05, 0) is 18.1 Å². The fourth-order valence-corrected chi connectivity index (χ4v) is 3.49. The first-order chi connectivity index (χ1) is 13.1. The lowest BCUT2D eigenvalue weighted by molar-refractivity contribution is -0.122.